The highest BCUT2D eigenvalue weighted by Gasteiger charge is 2.73. The van der Waals surface area contributed by atoms with Crippen molar-refractivity contribution in [2.45, 2.75) is 38.2 Å². The first-order chi connectivity index (χ1) is 12.7. The van der Waals surface area contributed by atoms with Crippen molar-refractivity contribution in [1.29, 1.82) is 0 Å². The normalized spacial score (nSPS) is 24.4. The largest absolute Gasteiger partial charge is 0.349 e. The molecule has 2 aromatic heterocycles. The number of aromatic nitrogens is 2. The summed E-state index contributed by atoms with van der Waals surface area (Å²) >= 11 is 3.28. The molecule has 0 bridgehead atoms. The third-order valence-electron chi connectivity index (χ3n) is 5.60. The molecule has 1 saturated heterocycles. The summed E-state index contributed by atoms with van der Waals surface area (Å²) in [4.78, 5) is 33.8. The number of amides is 2. The van der Waals surface area contributed by atoms with Crippen molar-refractivity contribution in [3.05, 3.63) is 28.6 Å². The average molecular weight is 441 g/mol. The van der Waals surface area contributed by atoms with Crippen LogP contribution in [0.2, 0.25) is 0 Å². The molecule has 2 N–H and O–H groups in total. The van der Waals surface area contributed by atoms with Crippen molar-refractivity contribution >= 4 is 38.6 Å². The van der Waals surface area contributed by atoms with Crippen LogP contribution in [-0.4, -0.2) is 51.7 Å². The van der Waals surface area contributed by atoms with E-state index in [9.17, 15) is 18.4 Å². The Kier molecular flexibility index (Phi) is 4.25. The van der Waals surface area contributed by atoms with Crippen LogP contribution >= 0.6 is 15.9 Å². The van der Waals surface area contributed by atoms with E-state index < -0.39 is 23.3 Å². The van der Waals surface area contributed by atoms with E-state index in [1.54, 1.807) is 25.3 Å². The smallest absolute Gasteiger partial charge is 0.268 e. The van der Waals surface area contributed by atoms with Crippen LogP contribution in [0.3, 0.4) is 0 Å². The number of nitrogens with one attached hydrogen (secondary N) is 2. The summed E-state index contributed by atoms with van der Waals surface area (Å²) in [6.07, 6.45) is 2.17. The summed E-state index contributed by atoms with van der Waals surface area (Å²) in [6, 6.07) is 2.73. The van der Waals surface area contributed by atoms with E-state index in [4.69, 9.17) is 0 Å². The number of rotatable bonds is 4. The van der Waals surface area contributed by atoms with Crippen molar-refractivity contribution in [2.24, 2.45) is 5.41 Å². The Bertz CT molecular complexity index is 931. The fourth-order valence-electron chi connectivity index (χ4n) is 3.81. The molecular formula is C18H19BrF2N4O2. The van der Waals surface area contributed by atoms with Gasteiger partial charge in [-0.3, -0.25) is 9.59 Å². The van der Waals surface area contributed by atoms with Gasteiger partial charge in [-0.05, 0) is 40.9 Å². The molecule has 0 radical (unpaired) electrons. The summed E-state index contributed by atoms with van der Waals surface area (Å²) in [5.74, 6) is -3.38. The van der Waals surface area contributed by atoms with E-state index in [0.717, 1.165) is 5.39 Å². The zero-order valence-corrected chi connectivity index (χ0v) is 16.3. The maximum atomic E-state index is 13.6. The number of likely N-dealkylation sites (tertiary alicyclic amines) is 1. The summed E-state index contributed by atoms with van der Waals surface area (Å²) in [5.41, 5.74) is -0.00866. The zero-order valence-electron chi connectivity index (χ0n) is 14.7. The molecule has 144 valence electrons. The van der Waals surface area contributed by atoms with Gasteiger partial charge in [0.1, 0.15) is 16.3 Å². The molecule has 1 aliphatic heterocycles. The quantitative estimate of drug-likeness (QED) is 0.716. The van der Waals surface area contributed by atoms with Crippen LogP contribution in [0.5, 0.6) is 0 Å². The Hall–Kier alpha value is -2.03. The Balaban J connectivity index is 1.45. The lowest BCUT2D eigenvalue weighted by atomic mass is 10.1. The standard InChI is InChI=1S/C18H19BrF2N4O2/c1-2-11(16(27)25-4-3-17(9-25)8-18(17,20)21)24-15(26)12-5-10-6-14(19)22-7-13(10)23-12/h5-7,11,23H,2-4,8-9H2,1H3,(H,24,26)/t11-,17-/m0/s1. The lowest BCUT2D eigenvalue weighted by Gasteiger charge is -2.23. The average Bonchev–Trinajstić information content (AvgIpc) is 3.01. The van der Waals surface area contributed by atoms with Gasteiger partial charge < -0.3 is 15.2 Å². The molecule has 2 amide bonds. The molecular weight excluding hydrogens is 422 g/mol. The number of pyridine rings is 1. The second-order valence-electron chi connectivity index (χ2n) is 7.38. The fraction of sp³-hybridized carbons (Fsp3) is 0.500. The SMILES string of the molecule is CC[C@H](NC(=O)c1cc2cc(Br)ncc2[nH]1)C(=O)N1CC[C@@]2(C1)CC2(F)F. The topological polar surface area (TPSA) is 78.1 Å². The van der Waals surface area contributed by atoms with Crippen molar-refractivity contribution in [3.63, 3.8) is 0 Å². The summed E-state index contributed by atoms with van der Waals surface area (Å²) in [5, 5.41) is 3.54. The number of carbonyl (C=O) groups is 2. The third-order valence-corrected chi connectivity index (χ3v) is 6.04. The number of nitrogens with zero attached hydrogens (tertiary/aromatic N) is 2. The maximum Gasteiger partial charge on any atom is 0.268 e. The molecule has 2 fully saturated rings. The number of alkyl halides is 2. The number of hydrogen-bond donors (Lipinski definition) is 2. The van der Waals surface area contributed by atoms with Gasteiger partial charge in [-0.15, -0.1) is 0 Å². The first-order valence-electron chi connectivity index (χ1n) is 8.86. The summed E-state index contributed by atoms with van der Waals surface area (Å²) < 4.78 is 27.8. The monoisotopic (exact) mass is 440 g/mol. The van der Waals surface area contributed by atoms with Gasteiger partial charge >= 0.3 is 0 Å². The highest BCUT2D eigenvalue weighted by molar-refractivity contribution is 9.10. The van der Waals surface area contributed by atoms with Gasteiger partial charge in [0.05, 0.1) is 17.1 Å². The minimum atomic E-state index is -2.67. The Morgan fingerprint density at radius 2 is 2.19 bits per heavy atom. The third kappa shape index (κ3) is 3.11. The Labute approximate surface area is 162 Å². The second kappa shape index (κ2) is 6.25. The first-order valence-corrected chi connectivity index (χ1v) is 9.66. The molecule has 9 heteroatoms. The van der Waals surface area contributed by atoms with Crippen LogP contribution in [0.4, 0.5) is 8.78 Å². The van der Waals surface area contributed by atoms with Gasteiger partial charge in [0.25, 0.3) is 11.8 Å². The van der Waals surface area contributed by atoms with Crippen molar-refractivity contribution in [2.75, 3.05) is 13.1 Å². The Morgan fingerprint density at radius 3 is 2.81 bits per heavy atom. The second-order valence-corrected chi connectivity index (χ2v) is 8.20. The van der Waals surface area contributed by atoms with Crippen molar-refractivity contribution < 1.29 is 18.4 Å². The molecule has 0 unspecified atom stereocenters. The molecule has 27 heavy (non-hydrogen) atoms. The number of hydrogen-bond acceptors (Lipinski definition) is 3. The highest BCUT2D eigenvalue weighted by Crippen LogP contribution is 2.65. The zero-order chi connectivity index (χ0) is 19.4. The predicted octanol–water partition coefficient (Wildman–Crippen LogP) is 3.09. The molecule has 1 aliphatic carbocycles. The molecule has 2 aliphatic rings. The number of fused-ring (bicyclic) bond motifs is 1. The van der Waals surface area contributed by atoms with Crippen LogP contribution in [-0.2, 0) is 4.79 Å². The van der Waals surface area contributed by atoms with Crippen molar-refractivity contribution in [1.82, 2.24) is 20.2 Å². The van der Waals surface area contributed by atoms with Crippen LogP contribution in [0, 0.1) is 5.41 Å². The van der Waals surface area contributed by atoms with Gasteiger partial charge in [-0.25, -0.2) is 13.8 Å². The minimum absolute atomic E-state index is 0.0668. The highest BCUT2D eigenvalue weighted by atomic mass is 79.9. The van der Waals surface area contributed by atoms with Crippen LogP contribution in [0.15, 0.2) is 22.9 Å². The molecule has 2 aromatic rings. The van der Waals surface area contributed by atoms with Crippen LogP contribution in [0.25, 0.3) is 10.9 Å². The number of carbonyl (C=O) groups excluding carboxylic acids is 2. The van der Waals surface area contributed by atoms with Crippen LogP contribution in [0.1, 0.15) is 36.7 Å². The van der Waals surface area contributed by atoms with E-state index in [-0.39, 0.29) is 18.9 Å². The predicted molar refractivity (Wildman–Crippen MR) is 98.5 cm³/mol. The van der Waals surface area contributed by atoms with E-state index in [1.165, 1.54) is 4.90 Å². The van der Waals surface area contributed by atoms with Gasteiger partial charge in [0.15, 0.2) is 0 Å². The lowest BCUT2D eigenvalue weighted by molar-refractivity contribution is -0.132. The molecule has 4 rings (SSSR count). The number of aromatic amines is 1. The lowest BCUT2D eigenvalue weighted by Crippen LogP contribution is -2.47. The molecule has 1 saturated carbocycles. The molecule has 1 spiro atoms. The van der Waals surface area contributed by atoms with Crippen molar-refractivity contribution in [3.8, 4) is 0 Å². The number of H-pyrrole nitrogens is 1. The fourth-order valence-corrected chi connectivity index (χ4v) is 4.15. The summed E-state index contributed by atoms with van der Waals surface area (Å²) in [7, 11) is 0. The van der Waals surface area contributed by atoms with E-state index in [2.05, 4.69) is 31.2 Å². The van der Waals surface area contributed by atoms with E-state index >= 15 is 0 Å². The van der Waals surface area contributed by atoms with E-state index in [1.807, 2.05) is 0 Å². The minimum Gasteiger partial charge on any atom is -0.349 e. The first kappa shape index (κ1) is 18.3. The molecule has 6 nitrogen and oxygen atoms in total. The van der Waals surface area contributed by atoms with Gasteiger partial charge in [-0.2, -0.15) is 0 Å². The summed E-state index contributed by atoms with van der Waals surface area (Å²) in [6.45, 7) is 2.16. The maximum absolute atomic E-state index is 13.6. The van der Waals surface area contributed by atoms with Gasteiger partial charge in [-0.1, -0.05) is 6.92 Å². The van der Waals surface area contributed by atoms with E-state index in [0.29, 0.717) is 35.2 Å². The molecule has 2 atom stereocenters. The Morgan fingerprint density at radius 1 is 1.44 bits per heavy atom. The molecule has 3 heterocycles. The molecule has 0 aromatic carbocycles. The number of halogens is 3. The van der Waals surface area contributed by atoms with Gasteiger partial charge in [0.2, 0.25) is 5.91 Å². The van der Waals surface area contributed by atoms with Gasteiger partial charge in [0, 0.05) is 24.9 Å². The van der Waals surface area contributed by atoms with Crippen LogP contribution < -0.4 is 5.32 Å².